The molecular formula is C16H19N5O2. The van der Waals surface area contributed by atoms with Crippen molar-refractivity contribution in [3.05, 3.63) is 42.7 Å². The summed E-state index contributed by atoms with van der Waals surface area (Å²) in [6.07, 6.45) is 5.13. The lowest BCUT2D eigenvalue weighted by molar-refractivity contribution is 0.0870. The fraction of sp³-hybridized carbons (Fsp3) is 0.312. The number of carbonyl (C=O) groups is 1. The highest BCUT2D eigenvalue weighted by Crippen LogP contribution is 2.14. The zero-order chi connectivity index (χ0) is 16.1. The predicted molar refractivity (Wildman–Crippen MR) is 87.8 cm³/mol. The molecule has 1 aromatic carbocycles. The maximum absolute atomic E-state index is 12.0. The molecule has 23 heavy (non-hydrogen) atoms. The summed E-state index contributed by atoms with van der Waals surface area (Å²) in [6, 6.07) is 9.06. The molecule has 1 aliphatic heterocycles. The Bertz CT molecular complexity index is 696. The van der Waals surface area contributed by atoms with E-state index in [9.17, 15) is 4.79 Å². The molecule has 0 spiro atoms. The molecule has 0 radical (unpaired) electrons. The molecule has 2 heterocycles. The van der Waals surface area contributed by atoms with Crippen LogP contribution in [0.2, 0.25) is 0 Å². The number of amides is 2. The highest BCUT2D eigenvalue weighted by Gasteiger charge is 2.20. The third kappa shape index (κ3) is 3.88. The van der Waals surface area contributed by atoms with E-state index in [-0.39, 0.29) is 12.1 Å². The van der Waals surface area contributed by atoms with Gasteiger partial charge in [0.05, 0.1) is 17.9 Å². The maximum atomic E-state index is 12.0. The van der Waals surface area contributed by atoms with E-state index in [1.807, 2.05) is 43.5 Å². The summed E-state index contributed by atoms with van der Waals surface area (Å²) in [5.74, 6) is 0. The standard InChI is InChI=1S/C16H19N5O2/c1-2-12-10-15(23-20-12)11-17-16(22)19-13-5-3-6-14(9-13)21-8-4-7-18-21/h3-9,15H,2,10-11H2,1H3,(H2,17,19,22)/t15-/m0/s1. The van der Waals surface area contributed by atoms with E-state index in [2.05, 4.69) is 20.9 Å². The minimum Gasteiger partial charge on any atom is -0.390 e. The van der Waals surface area contributed by atoms with Gasteiger partial charge in [-0.2, -0.15) is 5.10 Å². The summed E-state index contributed by atoms with van der Waals surface area (Å²) >= 11 is 0. The number of anilines is 1. The van der Waals surface area contributed by atoms with Gasteiger partial charge in [-0.1, -0.05) is 18.1 Å². The van der Waals surface area contributed by atoms with Crippen molar-refractivity contribution in [2.24, 2.45) is 5.16 Å². The maximum Gasteiger partial charge on any atom is 0.319 e. The number of benzene rings is 1. The van der Waals surface area contributed by atoms with Crippen LogP contribution in [0, 0.1) is 0 Å². The van der Waals surface area contributed by atoms with Gasteiger partial charge in [0.15, 0.2) is 0 Å². The van der Waals surface area contributed by atoms with E-state index in [1.54, 1.807) is 10.9 Å². The number of nitrogens with one attached hydrogen (secondary N) is 2. The Balaban J connectivity index is 1.51. The molecule has 120 valence electrons. The number of hydrogen-bond acceptors (Lipinski definition) is 4. The van der Waals surface area contributed by atoms with Crippen molar-refractivity contribution in [1.82, 2.24) is 15.1 Å². The minimum absolute atomic E-state index is 0.0777. The third-order valence-electron chi connectivity index (χ3n) is 3.57. The average Bonchev–Trinajstić information content (AvgIpc) is 3.25. The molecule has 2 N–H and O–H groups in total. The van der Waals surface area contributed by atoms with Gasteiger partial charge < -0.3 is 15.5 Å². The van der Waals surface area contributed by atoms with Crippen LogP contribution in [-0.4, -0.2) is 34.2 Å². The monoisotopic (exact) mass is 313 g/mol. The van der Waals surface area contributed by atoms with E-state index in [0.29, 0.717) is 12.2 Å². The number of carbonyl (C=O) groups excluding carboxylic acids is 1. The van der Waals surface area contributed by atoms with Crippen LogP contribution in [0.3, 0.4) is 0 Å². The van der Waals surface area contributed by atoms with Gasteiger partial charge in [-0.3, -0.25) is 0 Å². The summed E-state index contributed by atoms with van der Waals surface area (Å²) in [7, 11) is 0. The lowest BCUT2D eigenvalue weighted by Gasteiger charge is -2.11. The van der Waals surface area contributed by atoms with Gasteiger partial charge in [0, 0.05) is 24.5 Å². The molecule has 7 nitrogen and oxygen atoms in total. The second-order valence-electron chi connectivity index (χ2n) is 5.28. The van der Waals surface area contributed by atoms with Gasteiger partial charge in [0.1, 0.15) is 6.10 Å². The van der Waals surface area contributed by atoms with Crippen LogP contribution >= 0.6 is 0 Å². The quantitative estimate of drug-likeness (QED) is 0.890. The van der Waals surface area contributed by atoms with Gasteiger partial charge in [-0.05, 0) is 30.7 Å². The van der Waals surface area contributed by atoms with E-state index >= 15 is 0 Å². The number of nitrogens with zero attached hydrogens (tertiary/aromatic N) is 3. The first-order valence-electron chi connectivity index (χ1n) is 7.61. The fourth-order valence-electron chi connectivity index (χ4n) is 2.33. The smallest absolute Gasteiger partial charge is 0.319 e. The van der Waals surface area contributed by atoms with Crippen molar-refractivity contribution in [1.29, 1.82) is 0 Å². The van der Waals surface area contributed by atoms with Crippen LogP contribution in [0.25, 0.3) is 5.69 Å². The lowest BCUT2D eigenvalue weighted by atomic mass is 10.1. The average molecular weight is 313 g/mol. The van der Waals surface area contributed by atoms with Crippen molar-refractivity contribution < 1.29 is 9.63 Å². The van der Waals surface area contributed by atoms with Crippen molar-refractivity contribution in [2.45, 2.75) is 25.9 Å². The molecular weight excluding hydrogens is 294 g/mol. The predicted octanol–water partition coefficient (Wildman–Crippen LogP) is 2.55. The first-order chi connectivity index (χ1) is 11.2. The van der Waals surface area contributed by atoms with Crippen molar-refractivity contribution >= 4 is 17.4 Å². The van der Waals surface area contributed by atoms with Gasteiger partial charge in [-0.15, -0.1) is 0 Å². The second kappa shape index (κ2) is 6.95. The molecule has 1 atom stereocenters. The van der Waals surface area contributed by atoms with E-state index < -0.39 is 0 Å². The molecule has 1 aromatic heterocycles. The fourth-order valence-corrected chi connectivity index (χ4v) is 2.33. The molecule has 0 bridgehead atoms. The minimum atomic E-state index is -0.267. The second-order valence-corrected chi connectivity index (χ2v) is 5.28. The molecule has 7 heteroatoms. The first kappa shape index (κ1) is 15.1. The summed E-state index contributed by atoms with van der Waals surface area (Å²) in [6.45, 7) is 2.47. The van der Waals surface area contributed by atoms with Crippen LogP contribution < -0.4 is 10.6 Å². The van der Waals surface area contributed by atoms with Gasteiger partial charge in [0.25, 0.3) is 0 Å². The molecule has 0 aliphatic carbocycles. The number of rotatable bonds is 5. The highest BCUT2D eigenvalue weighted by molar-refractivity contribution is 5.89. The molecule has 2 aromatic rings. The lowest BCUT2D eigenvalue weighted by Crippen LogP contribution is -2.35. The highest BCUT2D eigenvalue weighted by atomic mass is 16.6. The number of urea groups is 1. The van der Waals surface area contributed by atoms with Crippen LogP contribution in [0.1, 0.15) is 19.8 Å². The number of aromatic nitrogens is 2. The molecule has 0 saturated heterocycles. The zero-order valence-electron chi connectivity index (χ0n) is 12.9. The normalized spacial score (nSPS) is 16.6. The molecule has 1 aliphatic rings. The molecule has 3 rings (SSSR count). The SMILES string of the molecule is CCC1=NO[C@H](CNC(=O)Nc2cccc(-n3cccn3)c2)C1. The first-order valence-corrected chi connectivity index (χ1v) is 7.61. The summed E-state index contributed by atoms with van der Waals surface area (Å²) < 4.78 is 1.74. The molecule has 0 saturated carbocycles. The Morgan fingerprint density at radius 2 is 2.35 bits per heavy atom. The number of oxime groups is 1. The van der Waals surface area contributed by atoms with E-state index in [0.717, 1.165) is 24.2 Å². The Hall–Kier alpha value is -2.83. The van der Waals surface area contributed by atoms with Crippen LogP contribution in [0.4, 0.5) is 10.5 Å². The molecule has 2 amide bonds. The zero-order valence-corrected chi connectivity index (χ0v) is 12.9. The Kier molecular flexibility index (Phi) is 4.56. The largest absolute Gasteiger partial charge is 0.390 e. The topological polar surface area (TPSA) is 80.5 Å². The molecule has 0 unspecified atom stereocenters. The summed E-state index contributed by atoms with van der Waals surface area (Å²) in [5, 5.41) is 13.8. The third-order valence-corrected chi connectivity index (χ3v) is 3.57. The Labute approximate surface area is 134 Å². The Morgan fingerprint density at radius 3 is 3.09 bits per heavy atom. The Morgan fingerprint density at radius 1 is 1.43 bits per heavy atom. The molecule has 0 fully saturated rings. The van der Waals surface area contributed by atoms with Gasteiger partial charge in [0.2, 0.25) is 0 Å². The van der Waals surface area contributed by atoms with Crippen LogP contribution in [0.15, 0.2) is 47.9 Å². The summed E-state index contributed by atoms with van der Waals surface area (Å²) in [5.41, 5.74) is 2.62. The summed E-state index contributed by atoms with van der Waals surface area (Å²) in [4.78, 5) is 17.2. The van der Waals surface area contributed by atoms with Crippen LogP contribution in [-0.2, 0) is 4.84 Å². The van der Waals surface area contributed by atoms with Gasteiger partial charge in [-0.25, -0.2) is 9.48 Å². The van der Waals surface area contributed by atoms with Crippen molar-refractivity contribution in [3.63, 3.8) is 0 Å². The van der Waals surface area contributed by atoms with E-state index in [1.165, 1.54) is 0 Å². The van der Waals surface area contributed by atoms with Crippen molar-refractivity contribution in [2.75, 3.05) is 11.9 Å². The number of hydrogen-bond donors (Lipinski definition) is 2. The van der Waals surface area contributed by atoms with Crippen molar-refractivity contribution in [3.8, 4) is 5.69 Å². The van der Waals surface area contributed by atoms with E-state index in [4.69, 9.17) is 4.84 Å². The van der Waals surface area contributed by atoms with Crippen LogP contribution in [0.5, 0.6) is 0 Å². The van der Waals surface area contributed by atoms with Gasteiger partial charge >= 0.3 is 6.03 Å².